The van der Waals surface area contributed by atoms with E-state index in [1.165, 1.54) is 18.7 Å². The number of nitrogens with zero attached hydrogens (tertiary/aromatic N) is 3. The number of thioether (sulfide) groups is 1. The Kier molecular flexibility index (Phi) is 5.54. The summed E-state index contributed by atoms with van der Waals surface area (Å²) >= 11 is 1.35. The van der Waals surface area contributed by atoms with E-state index in [2.05, 4.69) is 15.5 Å². The molecule has 1 N–H and O–H groups in total. The second-order valence-electron chi connectivity index (χ2n) is 5.50. The molecule has 0 aliphatic carbocycles. The minimum Gasteiger partial charge on any atom is -0.325 e. The van der Waals surface area contributed by atoms with Gasteiger partial charge in [-0.1, -0.05) is 23.9 Å². The molecule has 0 bridgehead atoms. The highest BCUT2D eigenvalue weighted by molar-refractivity contribution is 8.00. The molecule has 0 saturated heterocycles. The van der Waals surface area contributed by atoms with E-state index in [9.17, 15) is 9.59 Å². The maximum absolute atomic E-state index is 12.3. The van der Waals surface area contributed by atoms with Gasteiger partial charge >= 0.3 is 0 Å². The molecule has 0 radical (unpaired) electrons. The highest BCUT2D eigenvalue weighted by Gasteiger charge is 2.19. The number of Topliss-reactive ketones (excluding diaryl/α,β-unsaturated/α-hetero) is 1. The fourth-order valence-corrected chi connectivity index (χ4v) is 2.90. The fraction of sp³-hybridized carbons (Fsp3) is 0.375. The van der Waals surface area contributed by atoms with E-state index in [4.69, 9.17) is 0 Å². The van der Waals surface area contributed by atoms with Gasteiger partial charge in [0, 0.05) is 17.3 Å². The second-order valence-corrected chi connectivity index (χ2v) is 6.81. The molecule has 0 unspecified atom stereocenters. The Balaban J connectivity index is 2.04. The first-order valence-electron chi connectivity index (χ1n) is 7.36. The molecular weight excluding hydrogens is 312 g/mol. The summed E-state index contributed by atoms with van der Waals surface area (Å²) in [5, 5.41) is 11.2. The number of rotatable bonds is 6. The summed E-state index contributed by atoms with van der Waals surface area (Å²) in [4.78, 5) is 23.7. The SMILES string of the molecule is CC(=O)c1cccc(NC(=O)[C@H](C)Sc2nncn2C(C)C)c1. The van der Waals surface area contributed by atoms with Crippen LogP contribution in [0.5, 0.6) is 0 Å². The number of hydrogen-bond acceptors (Lipinski definition) is 5. The number of ketones is 1. The van der Waals surface area contributed by atoms with Crippen LogP contribution >= 0.6 is 11.8 Å². The molecular formula is C16H20N4O2S. The van der Waals surface area contributed by atoms with Crippen molar-refractivity contribution >= 4 is 29.1 Å². The van der Waals surface area contributed by atoms with Gasteiger partial charge in [-0.25, -0.2) is 0 Å². The number of carbonyl (C=O) groups is 2. The van der Waals surface area contributed by atoms with Crippen LogP contribution in [0.4, 0.5) is 5.69 Å². The van der Waals surface area contributed by atoms with E-state index in [-0.39, 0.29) is 23.0 Å². The third-order valence-electron chi connectivity index (χ3n) is 3.28. The highest BCUT2D eigenvalue weighted by atomic mass is 32.2. The Bertz CT molecular complexity index is 712. The summed E-state index contributed by atoms with van der Waals surface area (Å²) in [6.45, 7) is 7.38. The normalized spacial score (nSPS) is 12.2. The molecule has 1 heterocycles. The first kappa shape index (κ1) is 17.2. The summed E-state index contributed by atoms with van der Waals surface area (Å²) in [6.07, 6.45) is 1.66. The maximum Gasteiger partial charge on any atom is 0.237 e. The third-order valence-corrected chi connectivity index (χ3v) is 4.36. The van der Waals surface area contributed by atoms with Crippen LogP contribution in [0.15, 0.2) is 35.7 Å². The van der Waals surface area contributed by atoms with Crippen LogP contribution in [-0.4, -0.2) is 31.7 Å². The van der Waals surface area contributed by atoms with Crippen LogP contribution in [0.2, 0.25) is 0 Å². The van der Waals surface area contributed by atoms with Crippen molar-refractivity contribution in [3.05, 3.63) is 36.2 Å². The van der Waals surface area contributed by atoms with Gasteiger partial charge in [0.15, 0.2) is 10.9 Å². The smallest absolute Gasteiger partial charge is 0.237 e. The first-order chi connectivity index (χ1) is 10.9. The topological polar surface area (TPSA) is 76.9 Å². The quantitative estimate of drug-likeness (QED) is 0.649. The molecule has 1 atom stereocenters. The Morgan fingerprint density at radius 1 is 1.26 bits per heavy atom. The van der Waals surface area contributed by atoms with Gasteiger partial charge in [0.2, 0.25) is 5.91 Å². The molecule has 1 amide bonds. The number of benzene rings is 1. The lowest BCUT2D eigenvalue weighted by molar-refractivity contribution is -0.115. The number of anilines is 1. The van der Waals surface area contributed by atoms with Gasteiger partial charge in [-0.15, -0.1) is 10.2 Å². The van der Waals surface area contributed by atoms with E-state index >= 15 is 0 Å². The molecule has 0 fully saturated rings. The lowest BCUT2D eigenvalue weighted by atomic mass is 10.1. The van der Waals surface area contributed by atoms with Crippen LogP contribution < -0.4 is 5.32 Å². The van der Waals surface area contributed by atoms with Gasteiger partial charge in [0.25, 0.3) is 0 Å². The van der Waals surface area contributed by atoms with Crippen molar-refractivity contribution in [1.29, 1.82) is 0 Å². The Morgan fingerprint density at radius 2 is 2.00 bits per heavy atom. The van der Waals surface area contributed by atoms with Gasteiger partial charge in [0.05, 0.1) is 5.25 Å². The standard InChI is InChI=1S/C16H20N4O2S/c1-10(2)20-9-17-19-16(20)23-12(4)15(22)18-14-7-5-6-13(8-14)11(3)21/h5-10,12H,1-4H3,(H,18,22)/t12-/m0/s1. The van der Waals surface area contributed by atoms with E-state index in [1.54, 1.807) is 30.6 Å². The average Bonchev–Trinajstić information content (AvgIpc) is 2.95. The Hall–Kier alpha value is -2.15. The number of amides is 1. The molecule has 2 rings (SSSR count). The molecule has 23 heavy (non-hydrogen) atoms. The van der Waals surface area contributed by atoms with Gasteiger partial charge in [-0.2, -0.15) is 0 Å². The van der Waals surface area contributed by atoms with E-state index in [1.807, 2.05) is 25.3 Å². The molecule has 1 aromatic heterocycles. The van der Waals surface area contributed by atoms with Crippen LogP contribution in [-0.2, 0) is 4.79 Å². The predicted molar refractivity (Wildman–Crippen MR) is 90.8 cm³/mol. The summed E-state index contributed by atoms with van der Waals surface area (Å²) in [6, 6.07) is 7.14. The van der Waals surface area contributed by atoms with E-state index in [0.717, 1.165) is 0 Å². The minimum absolute atomic E-state index is 0.0337. The minimum atomic E-state index is -0.335. The molecule has 0 spiro atoms. The molecule has 0 aliphatic heterocycles. The van der Waals surface area contributed by atoms with Gasteiger partial charge < -0.3 is 9.88 Å². The van der Waals surface area contributed by atoms with Crippen LogP contribution in [0.3, 0.4) is 0 Å². The zero-order chi connectivity index (χ0) is 17.0. The fourth-order valence-electron chi connectivity index (χ4n) is 1.94. The Morgan fingerprint density at radius 3 is 2.65 bits per heavy atom. The summed E-state index contributed by atoms with van der Waals surface area (Å²) in [5.41, 5.74) is 1.18. The zero-order valence-electron chi connectivity index (χ0n) is 13.6. The zero-order valence-corrected chi connectivity index (χ0v) is 14.4. The largest absolute Gasteiger partial charge is 0.325 e. The van der Waals surface area contributed by atoms with Crippen molar-refractivity contribution < 1.29 is 9.59 Å². The van der Waals surface area contributed by atoms with Crippen molar-refractivity contribution in [2.45, 2.75) is 44.1 Å². The molecule has 1 aromatic carbocycles. The molecule has 0 saturated carbocycles. The summed E-state index contributed by atoms with van der Waals surface area (Å²) in [5.74, 6) is -0.178. The van der Waals surface area contributed by atoms with Crippen LogP contribution in [0, 0.1) is 0 Å². The molecule has 6 nitrogen and oxygen atoms in total. The number of hydrogen-bond donors (Lipinski definition) is 1. The lowest BCUT2D eigenvalue weighted by Gasteiger charge is -2.14. The molecule has 122 valence electrons. The van der Waals surface area contributed by atoms with Crippen molar-refractivity contribution in [3.63, 3.8) is 0 Å². The van der Waals surface area contributed by atoms with E-state index < -0.39 is 0 Å². The summed E-state index contributed by atoms with van der Waals surface area (Å²) in [7, 11) is 0. The number of aromatic nitrogens is 3. The average molecular weight is 332 g/mol. The van der Waals surface area contributed by atoms with Gasteiger partial charge in [-0.3, -0.25) is 9.59 Å². The van der Waals surface area contributed by atoms with Gasteiger partial charge in [0.1, 0.15) is 6.33 Å². The van der Waals surface area contributed by atoms with Crippen molar-refractivity contribution in [3.8, 4) is 0 Å². The Labute approximate surface area is 139 Å². The lowest BCUT2D eigenvalue weighted by Crippen LogP contribution is -2.23. The maximum atomic E-state index is 12.3. The second kappa shape index (κ2) is 7.41. The van der Waals surface area contributed by atoms with Crippen LogP contribution in [0.1, 0.15) is 44.1 Å². The van der Waals surface area contributed by atoms with E-state index in [0.29, 0.717) is 16.4 Å². The molecule has 0 aliphatic rings. The van der Waals surface area contributed by atoms with Gasteiger partial charge in [-0.05, 0) is 39.8 Å². The van der Waals surface area contributed by atoms with Crippen molar-refractivity contribution in [2.75, 3.05) is 5.32 Å². The van der Waals surface area contributed by atoms with Crippen molar-refractivity contribution in [1.82, 2.24) is 14.8 Å². The molecule has 2 aromatic rings. The first-order valence-corrected chi connectivity index (χ1v) is 8.24. The summed E-state index contributed by atoms with van der Waals surface area (Å²) < 4.78 is 1.92. The molecule has 7 heteroatoms. The monoisotopic (exact) mass is 332 g/mol. The van der Waals surface area contributed by atoms with Crippen molar-refractivity contribution in [2.24, 2.45) is 0 Å². The highest BCUT2D eigenvalue weighted by Crippen LogP contribution is 2.24. The number of nitrogens with one attached hydrogen (secondary N) is 1. The predicted octanol–water partition coefficient (Wildman–Crippen LogP) is 3.18. The third kappa shape index (κ3) is 4.41. The van der Waals surface area contributed by atoms with Crippen LogP contribution in [0.25, 0.3) is 0 Å². The number of carbonyl (C=O) groups excluding carboxylic acids is 2.